The summed E-state index contributed by atoms with van der Waals surface area (Å²) in [5.41, 5.74) is 3.84. The van der Waals surface area contributed by atoms with E-state index in [1.165, 1.54) is 11.1 Å². The van der Waals surface area contributed by atoms with Crippen molar-refractivity contribution in [3.05, 3.63) is 59.3 Å². The molecule has 1 amide bonds. The van der Waals surface area contributed by atoms with Gasteiger partial charge < -0.3 is 15.0 Å². The van der Waals surface area contributed by atoms with Crippen molar-refractivity contribution in [1.82, 2.24) is 10.3 Å². The number of amides is 1. The number of benzene rings is 1. The molecule has 1 unspecified atom stereocenters. The fraction of sp³-hybridized carbons (Fsp3) is 0.400. The number of hydrogen-bond acceptors (Lipinski definition) is 4. The number of carbonyl (C=O) groups excluding carboxylic acids is 1. The van der Waals surface area contributed by atoms with Crippen molar-refractivity contribution < 1.29 is 9.53 Å². The molecule has 25 heavy (non-hydrogen) atoms. The van der Waals surface area contributed by atoms with E-state index < -0.39 is 0 Å². The van der Waals surface area contributed by atoms with Crippen molar-refractivity contribution in [2.24, 2.45) is 5.92 Å². The van der Waals surface area contributed by atoms with Crippen LogP contribution in [0.2, 0.25) is 0 Å². The number of anilines is 1. The van der Waals surface area contributed by atoms with Gasteiger partial charge in [0.25, 0.3) is 0 Å². The first kappa shape index (κ1) is 16.1. The average molecular weight is 337 g/mol. The monoisotopic (exact) mass is 337 g/mol. The summed E-state index contributed by atoms with van der Waals surface area (Å²) < 4.78 is 5.30. The number of nitrogens with one attached hydrogen (secondary N) is 1. The Morgan fingerprint density at radius 1 is 1.24 bits per heavy atom. The Morgan fingerprint density at radius 3 is 2.96 bits per heavy atom. The van der Waals surface area contributed by atoms with Crippen LogP contribution in [0.4, 0.5) is 5.82 Å². The third-order valence-electron chi connectivity index (χ3n) is 5.05. The lowest BCUT2D eigenvalue weighted by Gasteiger charge is -2.31. The van der Waals surface area contributed by atoms with Crippen LogP contribution in [0.1, 0.15) is 23.1 Å². The number of hydrogen-bond donors (Lipinski definition) is 1. The zero-order chi connectivity index (χ0) is 17.1. The molecule has 1 atom stereocenters. The Kier molecular flexibility index (Phi) is 4.65. The average Bonchev–Trinajstić information content (AvgIpc) is 3.21. The Balaban J connectivity index is 1.47. The molecule has 5 heteroatoms. The zero-order valence-corrected chi connectivity index (χ0v) is 14.3. The first-order chi connectivity index (χ1) is 12.3. The van der Waals surface area contributed by atoms with Crippen LogP contribution in [0.5, 0.6) is 0 Å². The number of pyridine rings is 1. The van der Waals surface area contributed by atoms with Gasteiger partial charge in [-0.25, -0.2) is 4.98 Å². The van der Waals surface area contributed by atoms with E-state index in [4.69, 9.17) is 4.74 Å². The van der Waals surface area contributed by atoms with Crippen LogP contribution in [0.15, 0.2) is 42.6 Å². The van der Waals surface area contributed by atoms with Gasteiger partial charge in [-0.1, -0.05) is 30.3 Å². The second-order valence-electron chi connectivity index (χ2n) is 6.70. The maximum atomic E-state index is 12.2. The number of aromatic nitrogens is 1. The minimum atomic E-state index is -0.0121. The number of nitrogens with zero attached hydrogens (tertiary/aromatic N) is 2. The Labute approximate surface area is 148 Å². The van der Waals surface area contributed by atoms with E-state index in [0.717, 1.165) is 37.3 Å². The molecule has 0 bridgehead atoms. The molecule has 2 aliphatic rings. The summed E-state index contributed by atoms with van der Waals surface area (Å²) in [6.45, 7) is 3.55. The summed E-state index contributed by atoms with van der Waals surface area (Å²) in [6, 6.07) is 12.6. The fourth-order valence-corrected chi connectivity index (χ4v) is 3.60. The van der Waals surface area contributed by atoms with Crippen LogP contribution < -0.4 is 10.2 Å². The summed E-state index contributed by atoms with van der Waals surface area (Å²) in [5.74, 6) is 1.04. The number of carbonyl (C=O) groups is 1. The van der Waals surface area contributed by atoms with Gasteiger partial charge in [-0.2, -0.15) is 0 Å². The fourth-order valence-electron chi connectivity index (χ4n) is 3.60. The number of rotatable bonds is 4. The standard InChI is InChI=1S/C20H23N3O2/c24-20(18-8-11-25-14-18)22-12-16-6-3-9-21-19(16)23-10-7-15-4-1-2-5-17(15)13-23/h1-6,9,18H,7-8,10-14H2,(H,22,24). The van der Waals surface area contributed by atoms with Crippen molar-refractivity contribution in [2.75, 3.05) is 24.7 Å². The summed E-state index contributed by atoms with van der Waals surface area (Å²) in [5, 5.41) is 3.05. The minimum absolute atomic E-state index is 0.0121. The predicted molar refractivity (Wildman–Crippen MR) is 96.2 cm³/mol. The Bertz CT molecular complexity index is 756. The predicted octanol–water partition coefficient (Wildman–Crippen LogP) is 2.30. The maximum absolute atomic E-state index is 12.2. The molecule has 0 radical (unpaired) electrons. The summed E-state index contributed by atoms with van der Waals surface area (Å²) in [6.07, 6.45) is 3.67. The molecule has 4 rings (SSSR count). The first-order valence-electron chi connectivity index (χ1n) is 8.92. The minimum Gasteiger partial charge on any atom is -0.381 e. The molecule has 1 aromatic heterocycles. The van der Waals surface area contributed by atoms with Gasteiger partial charge >= 0.3 is 0 Å². The molecule has 0 saturated carbocycles. The topological polar surface area (TPSA) is 54.5 Å². The van der Waals surface area contributed by atoms with E-state index >= 15 is 0 Å². The van der Waals surface area contributed by atoms with Crippen molar-refractivity contribution in [2.45, 2.75) is 25.9 Å². The maximum Gasteiger partial charge on any atom is 0.225 e. The van der Waals surface area contributed by atoms with Gasteiger partial charge in [-0.15, -0.1) is 0 Å². The lowest BCUT2D eigenvalue weighted by Crippen LogP contribution is -2.34. The molecule has 5 nitrogen and oxygen atoms in total. The van der Waals surface area contributed by atoms with E-state index in [1.807, 2.05) is 18.3 Å². The van der Waals surface area contributed by atoms with Crippen molar-refractivity contribution in [1.29, 1.82) is 0 Å². The summed E-state index contributed by atoms with van der Waals surface area (Å²) in [7, 11) is 0. The van der Waals surface area contributed by atoms with E-state index in [-0.39, 0.29) is 11.8 Å². The zero-order valence-electron chi connectivity index (χ0n) is 14.3. The van der Waals surface area contributed by atoms with E-state index in [2.05, 4.69) is 39.5 Å². The van der Waals surface area contributed by atoms with Crippen molar-refractivity contribution >= 4 is 11.7 Å². The van der Waals surface area contributed by atoms with Gasteiger partial charge in [0.05, 0.1) is 12.5 Å². The van der Waals surface area contributed by atoms with E-state index in [9.17, 15) is 4.79 Å². The Hall–Kier alpha value is -2.40. The second-order valence-corrected chi connectivity index (χ2v) is 6.70. The van der Waals surface area contributed by atoms with Crippen molar-refractivity contribution in [3.8, 4) is 0 Å². The molecule has 2 aromatic rings. The molecule has 1 fully saturated rings. The van der Waals surface area contributed by atoms with Crippen LogP contribution in [-0.4, -0.2) is 30.6 Å². The molecule has 1 saturated heterocycles. The highest BCUT2D eigenvalue weighted by atomic mass is 16.5. The van der Waals surface area contributed by atoms with Gasteiger partial charge in [0.15, 0.2) is 0 Å². The molecule has 3 heterocycles. The van der Waals surface area contributed by atoms with Crippen LogP contribution in [0, 0.1) is 5.92 Å². The highest BCUT2D eigenvalue weighted by Gasteiger charge is 2.24. The SMILES string of the molecule is O=C(NCc1cccnc1N1CCc2ccccc2C1)C1CCOC1. The molecular weight excluding hydrogens is 314 g/mol. The van der Waals surface area contributed by atoms with Gasteiger partial charge in [0.1, 0.15) is 5.82 Å². The number of fused-ring (bicyclic) bond motifs is 1. The molecule has 0 spiro atoms. The van der Waals surface area contributed by atoms with E-state index in [0.29, 0.717) is 19.8 Å². The van der Waals surface area contributed by atoms with Crippen molar-refractivity contribution in [3.63, 3.8) is 0 Å². The molecule has 130 valence electrons. The molecule has 2 aliphatic heterocycles. The highest BCUT2D eigenvalue weighted by molar-refractivity contribution is 5.79. The highest BCUT2D eigenvalue weighted by Crippen LogP contribution is 2.25. The smallest absolute Gasteiger partial charge is 0.225 e. The lowest BCUT2D eigenvalue weighted by molar-refractivity contribution is -0.125. The first-order valence-corrected chi connectivity index (χ1v) is 8.92. The molecule has 1 N–H and O–H groups in total. The van der Waals surface area contributed by atoms with Gasteiger partial charge in [0, 0.05) is 38.0 Å². The van der Waals surface area contributed by atoms with Gasteiger partial charge in [0.2, 0.25) is 5.91 Å². The van der Waals surface area contributed by atoms with Crippen LogP contribution in [0.25, 0.3) is 0 Å². The second kappa shape index (κ2) is 7.23. The largest absolute Gasteiger partial charge is 0.381 e. The van der Waals surface area contributed by atoms with Crippen LogP contribution in [0.3, 0.4) is 0 Å². The molecule has 1 aromatic carbocycles. The third-order valence-corrected chi connectivity index (χ3v) is 5.05. The third kappa shape index (κ3) is 3.51. The van der Waals surface area contributed by atoms with Gasteiger partial charge in [-0.3, -0.25) is 4.79 Å². The summed E-state index contributed by atoms with van der Waals surface area (Å²) >= 11 is 0. The number of ether oxygens (including phenoxy) is 1. The quantitative estimate of drug-likeness (QED) is 0.930. The molecule has 0 aliphatic carbocycles. The molecular formula is C20H23N3O2. The normalized spacial score (nSPS) is 19.5. The van der Waals surface area contributed by atoms with Crippen LogP contribution in [-0.2, 0) is 29.0 Å². The Morgan fingerprint density at radius 2 is 2.12 bits per heavy atom. The lowest BCUT2D eigenvalue weighted by atomic mass is 9.99. The summed E-state index contributed by atoms with van der Waals surface area (Å²) in [4.78, 5) is 19.2. The van der Waals surface area contributed by atoms with Gasteiger partial charge in [-0.05, 0) is 30.0 Å². The van der Waals surface area contributed by atoms with E-state index in [1.54, 1.807) is 0 Å². The van der Waals surface area contributed by atoms with Crippen LogP contribution >= 0.6 is 0 Å².